The Morgan fingerprint density at radius 1 is 1.03 bits per heavy atom. The zero-order valence-electron chi connectivity index (χ0n) is 17.4. The molecule has 1 heterocycles. The number of hydrogen-bond acceptors (Lipinski definition) is 4. The molecule has 0 aliphatic carbocycles. The first kappa shape index (κ1) is 21.3. The van der Waals surface area contributed by atoms with Gasteiger partial charge < -0.3 is 15.4 Å². The van der Waals surface area contributed by atoms with Crippen LogP contribution in [0.4, 0.5) is 0 Å². The van der Waals surface area contributed by atoms with E-state index in [-0.39, 0.29) is 5.91 Å². The average Bonchev–Trinajstić information content (AvgIpc) is 2.77. The minimum absolute atomic E-state index is 0.0949. The van der Waals surface area contributed by atoms with Crippen LogP contribution in [0.3, 0.4) is 0 Å². The van der Waals surface area contributed by atoms with Gasteiger partial charge in [0.2, 0.25) is 5.91 Å². The van der Waals surface area contributed by atoms with Crippen LogP contribution in [0.1, 0.15) is 30.4 Å². The van der Waals surface area contributed by atoms with Crippen molar-refractivity contribution in [3.8, 4) is 5.75 Å². The molecule has 3 rings (SSSR count). The maximum Gasteiger partial charge on any atom is 0.234 e. The fraction of sp³-hybridized carbons (Fsp3) is 0.458. The number of ether oxygens (including phenoxy) is 1. The largest absolute Gasteiger partial charge is 0.489 e. The fourth-order valence-corrected chi connectivity index (χ4v) is 3.78. The molecule has 0 saturated carbocycles. The summed E-state index contributed by atoms with van der Waals surface area (Å²) >= 11 is 0. The quantitative estimate of drug-likeness (QED) is 0.649. The van der Waals surface area contributed by atoms with Gasteiger partial charge >= 0.3 is 0 Å². The van der Waals surface area contributed by atoms with Crippen molar-refractivity contribution < 1.29 is 9.53 Å². The highest BCUT2D eigenvalue weighted by Gasteiger charge is 2.20. The summed E-state index contributed by atoms with van der Waals surface area (Å²) in [6.07, 6.45) is 3.61. The van der Waals surface area contributed by atoms with Crippen LogP contribution in [0.25, 0.3) is 0 Å². The summed E-state index contributed by atoms with van der Waals surface area (Å²) in [5.41, 5.74) is 2.20. The first-order chi connectivity index (χ1) is 14.2. The predicted molar refractivity (Wildman–Crippen MR) is 117 cm³/mol. The molecule has 5 heteroatoms. The number of carbonyl (C=O) groups is 1. The molecule has 2 aromatic carbocycles. The topological polar surface area (TPSA) is 53.6 Å². The fourth-order valence-electron chi connectivity index (χ4n) is 3.78. The lowest BCUT2D eigenvalue weighted by Crippen LogP contribution is -2.41. The highest BCUT2D eigenvalue weighted by atomic mass is 16.5. The second-order valence-corrected chi connectivity index (χ2v) is 7.76. The van der Waals surface area contributed by atoms with Crippen molar-refractivity contribution in [3.05, 3.63) is 65.7 Å². The van der Waals surface area contributed by atoms with Gasteiger partial charge in [0.05, 0.1) is 6.54 Å². The van der Waals surface area contributed by atoms with Crippen LogP contribution in [0.15, 0.2) is 54.6 Å². The molecule has 2 N–H and O–H groups in total. The zero-order valence-corrected chi connectivity index (χ0v) is 17.4. The Morgan fingerprint density at radius 3 is 2.45 bits per heavy atom. The highest BCUT2D eigenvalue weighted by Crippen LogP contribution is 2.19. The lowest BCUT2D eigenvalue weighted by Gasteiger charge is -2.31. The van der Waals surface area contributed by atoms with Crippen molar-refractivity contribution in [2.24, 2.45) is 5.92 Å². The normalized spacial score (nSPS) is 15.2. The molecule has 2 aromatic rings. The number of likely N-dealkylation sites (tertiary alicyclic amines) is 1. The Labute approximate surface area is 174 Å². The van der Waals surface area contributed by atoms with E-state index in [1.807, 2.05) is 49.5 Å². The molecule has 156 valence electrons. The van der Waals surface area contributed by atoms with E-state index in [9.17, 15) is 4.79 Å². The molecule has 0 aromatic heterocycles. The summed E-state index contributed by atoms with van der Waals surface area (Å²) in [7, 11) is 2.01. The Balaban J connectivity index is 1.42. The Kier molecular flexibility index (Phi) is 8.53. The molecule has 0 spiro atoms. The van der Waals surface area contributed by atoms with Crippen LogP contribution < -0.4 is 15.4 Å². The number of nitrogens with zero attached hydrogens (tertiary/aromatic N) is 1. The maximum atomic E-state index is 12.4. The monoisotopic (exact) mass is 395 g/mol. The van der Waals surface area contributed by atoms with Crippen LogP contribution in [0.2, 0.25) is 0 Å². The van der Waals surface area contributed by atoms with E-state index in [0.29, 0.717) is 19.7 Å². The van der Waals surface area contributed by atoms with Crippen molar-refractivity contribution in [1.29, 1.82) is 0 Å². The molecule has 29 heavy (non-hydrogen) atoms. The lowest BCUT2D eigenvalue weighted by molar-refractivity contribution is -0.122. The van der Waals surface area contributed by atoms with Crippen molar-refractivity contribution >= 4 is 5.91 Å². The van der Waals surface area contributed by atoms with Gasteiger partial charge in [-0.2, -0.15) is 0 Å². The standard InChI is InChI=1S/C24H33N3O2/c1-25-14-11-20-12-15-27(16-13-20)18-24(28)26-17-21-7-5-6-8-22(21)19-29-23-9-3-2-4-10-23/h2-10,20,25H,11-19H2,1H3,(H,26,28). The number of benzene rings is 2. The molecular weight excluding hydrogens is 362 g/mol. The van der Waals surface area contributed by atoms with E-state index in [0.717, 1.165) is 42.4 Å². The molecule has 0 atom stereocenters. The van der Waals surface area contributed by atoms with Gasteiger partial charge in [-0.3, -0.25) is 9.69 Å². The van der Waals surface area contributed by atoms with Gasteiger partial charge in [0.1, 0.15) is 12.4 Å². The molecule has 1 fully saturated rings. The van der Waals surface area contributed by atoms with Crippen LogP contribution in [0, 0.1) is 5.92 Å². The summed E-state index contributed by atoms with van der Waals surface area (Å²) in [5.74, 6) is 1.74. The van der Waals surface area contributed by atoms with E-state index in [2.05, 4.69) is 27.7 Å². The molecule has 1 amide bonds. The van der Waals surface area contributed by atoms with Crippen LogP contribution in [0.5, 0.6) is 5.75 Å². The summed E-state index contributed by atoms with van der Waals surface area (Å²) in [6, 6.07) is 17.9. The zero-order chi connectivity index (χ0) is 20.3. The Morgan fingerprint density at radius 2 is 1.72 bits per heavy atom. The number of rotatable bonds is 10. The smallest absolute Gasteiger partial charge is 0.234 e. The van der Waals surface area contributed by atoms with Gasteiger partial charge in [-0.15, -0.1) is 0 Å². The summed E-state index contributed by atoms with van der Waals surface area (Å²) < 4.78 is 5.87. The first-order valence-corrected chi connectivity index (χ1v) is 10.6. The number of piperidine rings is 1. The molecule has 1 aliphatic heterocycles. The molecule has 0 unspecified atom stereocenters. The molecule has 0 radical (unpaired) electrons. The third-order valence-corrected chi connectivity index (χ3v) is 5.61. The molecule has 0 bridgehead atoms. The molecule has 5 nitrogen and oxygen atoms in total. The van der Waals surface area contributed by atoms with E-state index in [1.54, 1.807) is 0 Å². The minimum atomic E-state index is 0.0949. The second-order valence-electron chi connectivity index (χ2n) is 7.76. The summed E-state index contributed by atoms with van der Waals surface area (Å²) in [6.45, 7) is 4.63. The van der Waals surface area contributed by atoms with Crippen molar-refractivity contribution in [2.45, 2.75) is 32.4 Å². The van der Waals surface area contributed by atoms with Gasteiger partial charge in [0.15, 0.2) is 0 Å². The predicted octanol–water partition coefficient (Wildman–Crippen LogP) is 3.20. The van der Waals surface area contributed by atoms with Gasteiger partial charge in [0, 0.05) is 6.54 Å². The van der Waals surface area contributed by atoms with E-state index in [4.69, 9.17) is 4.74 Å². The minimum Gasteiger partial charge on any atom is -0.489 e. The number of hydrogen-bond donors (Lipinski definition) is 2. The van der Waals surface area contributed by atoms with Crippen LogP contribution in [-0.2, 0) is 17.9 Å². The third-order valence-electron chi connectivity index (χ3n) is 5.61. The van der Waals surface area contributed by atoms with Crippen molar-refractivity contribution in [2.75, 3.05) is 33.2 Å². The van der Waals surface area contributed by atoms with Crippen LogP contribution >= 0.6 is 0 Å². The van der Waals surface area contributed by atoms with Gasteiger partial charge in [-0.25, -0.2) is 0 Å². The van der Waals surface area contributed by atoms with E-state index < -0.39 is 0 Å². The average molecular weight is 396 g/mol. The number of para-hydroxylation sites is 1. The van der Waals surface area contributed by atoms with E-state index in [1.165, 1.54) is 19.3 Å². The van der Waals surface area contributed by atoms with Crippen molar-refractivity contribution in [1.82, 2.24) is 15.5 Å². The highest BCUT2D eigenvalue weighted by molar-refractivity contribution is 5.78. The number of carbonyl (C=O) groups excluding carboxylic acids is 1. The van der Waals surface area contributed by atoms with Gasteiger partial charge in [-0.05, 0) is 75.1 Å². The SMILES string of the molecule is CNCCC1CCN(CC(=O)NCc2ccccc2COc2ccccc2)CC1. The lowest BCUT2D eigenvalue weighted by atomic mass is 9.93. The van der Waals surface area contributed by atoms with Crippen LogP contribution in [-0.4, -0.2) is 44.0 Å². The molecule has 1 aliphatic rings. The van der Waals surface area contributed by atoms with Gasteiger partial charge in [0.25, 0.3) is 0 Å². The van der Waals surface area contributed by atoms with Gasteiger partial charge in [-0.1, -0.05) is 42.5 Å². The maximum absolute atomic E-state index is 12.4. The second kappa shape index (κ2) is 11.6. The third kappa shape index (κ3) is 7.18. The number of nitrogens with one attached hydrogen (secondary N) is 2. The summed E-state index contributed by atoms with van der Waals surface area (Å²) in [5, 5.41) is 6.31. The Bertz CT molecular complexity index is 743. The van der Waals surface area contributed by atoms with E-state index >= 15 is 0 Å². The molecule has 1 saturated heterocycles. The number of amides is 1. The molecular formula is C24H33N3O2. The Hall–Kier alpha value is -2.37. The summed E-state index contributed by atoms with van der Waals surface area (Å²) in [4.78, 5) is 14.7. The first-order valence-electron chi connectivity index (χ1n) is 10.6. The van der Waals surface area contributed by atoms with Crippen molar-refractivity contribution in [3.63, 3.8) is 0 Å².